The first-order valence-corrected chi connectivity index (χ1v) is 14.9. The summed E-state index contributed by atoms with van der Waals surface area (Å²) in [6, 6.07) is 5.69. The maximum absolute atomic E-state index is 13.8. The predicted molar refractivity (Wildman–Crippen MR) is 160 cm³/mol. The van der Waals surface area contributed by atoms with Gasteiger partial charge in [0.05, 0.1) is 43.6 Å². The molecular formula is C30H36N4O10S. The van der Waals surface area contributed by atoms with E-state index in [9.17, 15) is 24.0 Å². The molecule has 3 amide bonds. The molecule has 3 aromatic rings. The molecule has 0 spiro atoms. The molecule has 15 heteroatoms. The number of amides is 3. The average molecular weight is 645 g/mol. The highest BCUT2D eigenvalue weighted by atomic mass is 32.1. The number of hydrogen-bond donors (Lipinski definition) is 2. The first-order valence-electron chi connectivity index (χ1n) is 14.1. The van der Waals surface area contributed by atoms with Gasteiger partial charge in [-0.25, -0.2) is 9.78 Å². The number of Topliss-reactive ketones (excluding diaryl/α,β-unsaturated/α-hetero) is 1. The van der Waals surface area contributed by atoms with Crippen LogP contribution >= 0.6 is 11.3 Å². The zero-order chi connectivity index (χ0) is 32.7. The maximum atomic E-state index is 13.8. The highest BCUT2D eigenvalue weighted by molar-refractivity contribution is 7.13. The Bertz CT molecular complexity index is 1560. The van der Waals surface area contributed by atoms with Crippen LogP contribution in [-0.2, 0) is 41.6 Å². The van der Waals surface area contributed by atoms with Gasteiger partial charge in [0, 0.05) is 14.2 Å². The Kier molecular flexibility index (Phi) is 11.0. The Labute approximate surface area is 263 Å². The largest absolute Gasteiger partial charge is 0.519 e. The summed E-state index contributed by atoms with van der Waals surface area (Å²) in [4.78, 5) is 71.7. The third-order valence-electron chi connectivity index (χ3n) is 7.23. The fraction of sp³-hybridized carbons (Fsp3) is 0.467. The standard InChI is InChI=1S/C30H36N4O10S/c1-17-23(44-29(39)43-17)13-34(28(38)24-12-31-18(2)45-24)22(15-41-5)27(37)33-21(14-40-4)26(36)32-20(25(35)30(3)16-42-30)11-19-9-7-6-8-10-19/h6-10,12,20-22H,11,13-16H2,1-5H3,(H,32,36)(H,33,37)/t20-,21-,22-,30+/m0/s1. The van der Waals surface area contributed by atoms with Crippen molar-refractivity contribution in [2.24, 2.45) is 0 Å². The predicted octanol–water partition coefficient (Wildman–Crippen LogP) is 1.18. The van der Waals surface area contributed by atoms with Crippen LogP contribution < -0.4 is 16.5 Å². The first kappa shape index (κ1) is 33.7. The Morgan fingerprint density at radius 1 is 1.02 bits per heavy atom. The van der Waals surface area contributed by atoms with Gasteiger partial charge in [0.25, 0.3) is 5.91 Å². The molecule has 0 bridgehead atoms. The summed E-state index contributed by atoms with van der Waals surface area (Å²) in [5.41, 5.74) is -0.187. The van der Waals surface area contributed by atoms with Crippen LogP contribution in [0.4, 0.5) is 0 Å². The lowest BCUT2D eigenvalue weighted by Gasteiger charge is -2.31. The number of methoxy groups -OCH3 is 2. The number of aryl methyl sites for hydroxylation is 2. The number of ether oxygens (including phenoxy) is 3. The molecule has 0 radical (unpaired) electrons. The van der Waals surface area contributed by atoms with Gasteiger partial charge in [-0.15, -0.1) is 11.3 Å². The first-order chi connectivity index (χ1) is 21.4. The van der Waals surface area contributed by atoms with Crippen LogP contribution in [0, 0.1) is 13.8 Å². The lowest BCUT2D eigenvalue weighted by atomic mass is 9.94. The quantitative estimate of drug-likeness (QED) is 0.214. The minimum Gasteiger partial charge on any atom is -0.396 e. The van der Waals surface area contributed by atoms with Crippen molar-refractivity contribution in [3.8, 4) is 0 Å². The number of thiazole rings is 1. The normalized spacial score (nSPS) is 17.6. The van der Waals surface area contributed by atoms with Crippen molar-refractivity contribution >= 4 is 34.8 Å². The number of benzene rings is 1. The number of carbonyl (C=O) groups excluding carboxylic acids is 4. The summed E-state index contributed by atoms with van der Waals surface area (Å²) in [6.45, 7) is 4.28. The van der Waals surface area contributed by atoms with E-state index in [2.05, 4.69) is 15.6 Å². The van der Waals surface area contributed by atoms with Crippen LogP contribution in [0.15, 0.2) is 50.2 Å². The van der Waals surface area contributed by atoms with E-state index in [0.29, 0.717) is 5.01 Å². The molecule has 2 N–H and O–H groups in total. The Morgan fingerprint density at radius 3 is 2.24 bits per heavy atom. The molecule has 2 aromatic heterocycles. The van der Waals surface area contributed by atoms with Crippen molar-refractivity contribution in [1.29, 1.82) is 0 Å². The van der Waals surface area contributed by atoms with Gasteiger partial charge in [-0.1, -0.05) is 30.3 Å². The van der Waals surface area contributed by atoms with Crippen LogP contribution in [0.5, 0.6) is 0 Å². The van der Waals surface area contributed by atoms with Crippen molar-refractivity contribution < 1.29 is 42.2 Å². The number of nitrogens with one attached hydrogen (secondary N) is 2. The summed E-state index contributed by atoms with van der Waals surface area (Å²) in [5, 5.41) is 6.03. The molecule has 1 aliphatic heterocycles. The second-order valence-corrected chi connectivity index (χ2v) is 12.0. The molecule has 4 rings (SSSR count). The second kappa shape index (κ2) is 14.7. The van der Waals surface area contributed by atoms with Gasteiger partial charge in [-0.05, 0) is 32.8 Å². The van der Waals surface area contributed by atoms with Crippen LogP contribution in [0.25, 0.3) is 0 Å². The molecule has 1 saturated heterocycles. The number of nitrogens with zero attached hydrogens (tertiary/aromatic N) is 2. The molecule has 1 fully saturated rings. The highest BCUT2D eigenvalue weighted by Crippen LogP contribution is 2.29. The Morgan fingerprint density at radius 2 is 1.69 bits per heavy atom. The van der Waals surface area contributed by atoms with E-state index >= 15 is 0 Å². The molecule has 0 aliphatic carbocycles. The third kappa shape index (κ3) is 8.51. The molecule has 45 heavy (non-hydrogen) atoms. The SMILES string of the molecule is COC[C@H](NC(=O)[C@H](COC)N(Cc1oc(=O)oc1C)C(=O)c1cnc(C)s1)C(=O)N[C@@H](Cc1ccccc1)C(=O)[C@@]1(C)CO1. The van der Waals surface area contributed by atoms with Gasteiger partial charge in [0.2, 0.25) is 11.8 Å². The smallest absolute Gasteiger partial charge is 0.396 e. The number of ketones is 1. The average Bonchev–Trinajstić information content (AvgIpc) is 3.47. The zero-order valence-electron chi connectivity index (χ0n) is 25.6. The fourth-order valence-corrected chi connectivity index (χ4v) is 5.37. The monoisotopic (exact) mass is 644 g/mol. The van der Waals surface area contributed by atoms with E-state index in [1.165, 1.54) is 27.3 Å². The van der Waals surface area contributed by atoms with Gasteiger partial charge >= 0.3 is 5.82 Å². The molecule has 3 heterocycles. The van der Waals surface area contributed by atoms with Crippen molar-refractivity contribution in [2.45, 2.75) is 57.5 Å². The molecule has 0 unspecified atom stereocenters. The maximum Gasteiger partial charge on any atom is 0.519 e. The van der Waals surface area contributed by atoms with Gasteiger partial charge < -0.3 is 38.6 Å². The number of aromatic nitrogens is 1. The van der Waals surface area contributed by atoms with Crippen LogP contribution in [0.1, 0.15) is 38.7 Å². The highest BCUT2D eigenvalue weighted by Gasteiger charge is 2.50. The molecule has 1 aromatic carbocycles. The van der Waals surface area contributed by atoms with E-state index in [0.717, 1.165) is 21.8 Å². The zero-order valence-corrected chi connectivity index (χ0v) is 26.4. The number of carbonyl (C=O) groups is 4. The molecule has 14 nitrogen and oxygen atoms in total. The molecule has 242 valence electrons. The van der Waals surface area contributed by atoms with Gasteiger partial charge in [0.15, 0.2) is 11.5 Å². The number of hydrogen-bond acceptors (Lipinski definition) is 12. The van der Waals surface area contributed by atoms with Gasteiger partial charge in [-0.3, -0.25) is 19.2 Å². The van der Waals surface area contributed by atoms with Crippen LogP contribution in [0.2, 0.25) is 0 Å². The lowest BCUT2D eigenvalue weighted by Crippen LogP contribution is -2.59. The summed E-state index contributed by atoms with van der Waals surface area (Å²) in [7, 11) is 2.71. The third-order valence-corrected chi connectivity index (χ3v) is 8.13. The topological polar surface area (TPSA) is 183 Å². The van der Waals surface area contributed by atoms with Gasteiger partial charge in [0.1, 0.15) is 28.3 Å². The summed E-state index contributed by atoms with van der Waals surface area (Å²) < 4.78 is 26.0. The van der Waals surface area contributed by atoms with E-state index in [4.69, 9.17) is 23.0 Å². The molecular weight excluding hydrogens is 608 g/mol. The van der Waals surface area contributed by atoms with Crippen molar-refractivity contribution in [3.05, 3.63) is 74.1 Å². The minimum atomic E-state index is -1.29. The van der Waals surface area contributed by atoms with Crippen LogP contribution in [-0.4, -0.2) is 91.2 Å². The van der Waals surface area contributed by atoms with E-state index in [1.54, 1.807) is 13.8 Å². The van der Waals surface area contributed by atoms with E-state index in [1.807, 2.05) is 30.3 Å². The molecule has 4 atom stereocenters. The Hall–Kier alpha value is -4.18. The fourth-order valence-electron chi connectivity index (χ4n) is 4.63. The van der Waals surface area contributed by atoms with Gasteiger partial charge in [-0.2, -0.15) is 0 Å². The molecule has 0 saturated carbocycles. The van der Waals surface area contributed by atoms with E-state index in [-0.39, 0.29) is 55.0 Å². The van der Waals surface area contributed by atoms with E-state index < -0.39 is 47.3 Å². The van der Waals surface area contributed by atoms with Crippen molar-refractivity contribution in [2.75, 3.05) is 34.0 Å². The summed E-state index contributed by atoms with van der Waals surface area (Å²) >= 11 is 1.12. The summed E-state index contributed by atoms with van der Waals surface area (Å²) in [5.74, 6) is -3.10. The Balaban J connectivity index is 1.58. The van der Waals surface area contributed by atoms with Crippen molar-refractivity contribution in [1.82, 2.24) is 20.5 Å². The minimum absolute atomic E-state index is 0.0349. The van der Waals surface area contributed by atoms with Crippen molar-refractivity contribution in [3.63, 3.8) is 0 Å². The molecule has 1 aliphatic rings. The lowest BCUT2D eigenvalue weighted by molar-refractivity contribution is -0.135. The number of rotatable bonds is 16. The summed E-state index contributed by atoms with van der Waals surface area (Å²) in [6.07, 6.45) is 1.58. The number of epoxide rings is 1. The van der Waals surface area contributed by atoms with Crippen LogP contribution in [0.3, 0.4) is 0 Å². The second-order valence-electron chi connectivity index (χ2n) is 10.7.